The van der Waals surface area contributed by atoms with Gasteiger partial charge in [0.2, 0.25) is 0 Å². The molecule has 1 saturated heterocycles. The lowest BCUT2D eigenvalue weighted by atomic mass is 10.2. The van der Waals surface area contributed by atoms with Gasteiger partial charge in [-0.15, -0.1) is 0 Å². The number of halogens is 1. The molecule has 4 heteroatoms. The average Bonchev–Trinajstić information content (AvgIpc) is 2.33. The summed E-state index contributed by atoms with van der Waals surface area (Å²) in [5.41, 5.74) is 1.00. The van der Waals surface area contributed by atoms with Crippen LogP contribution in [0.1, 0.15) is 6.42 Å². The van der Waals surface area contributed by atoms with Gasteiger partial charge in [-0.2, -0.15) is 0 Å². The first-order valence-corrected chi connectivity index (χ1v) is 6.03. The molecule has 0 radical (unpaired) electrons. The molecule has 88 valence electrons. The zero-order valence-corrected chi connectivity index (χ0v) is 9.96. The predicted octanol–water partition coefficient (Wildman–Crippen LogP) is 2.13. The Kier molecular flexibility index (Phi) is 4.45. The molecular weight excluding hydrogens is 224 g/mol. The zero-order chi connectivity index (χ0) is 11.2. The lowest BCUT2D eigenvalue weighted by molar-refractivity contribution is 0.0753. The lowest BCUT2D eigenvalue weighted by Gasteiger charge is -2.24. The Morgan fingerprint density at radius 2 is 2.31 bits per heavy atom. The number of benzene rings is 1. The summed E-state index contributed by atoms with van der Waals surface area (Å²) in [5.74, 6) is 0. The van der Waals surface area contributed by atoms with Crippen molar-refractivity contribution in [2.24, 2.45) is 0 Å². The normalized spacial score (nSPS) is 20.7. The van der Waals surface area contributed by atoms with Gasteiger partial charge < -0.3 is 15.4 Å². The van der Waals surface area contributed by atoms with E-state index >= 15 is 0 Å². The minimum Gasteiger partial charge on any atom is -0.384 e. The molecule has 1 aromatic carbocycles. The molecule has 1 heterocycles. The molecule has 2 rings (SSSR count). The van der Waals surface area contributed by atoms with E-state index < -0.39 is 0 Å². The molecule has 2 N–H and O–H groups in total. The zero-order valence-electron chi connectivity index (χ0n) is 9.21. The van der Waals surface area contributed by atoms with Crippen LogP contribution in [0.2, 0.25) is 5.02 Å². The highest BCUT2D eigenvalue weighted by molar-refractivity contribution is 6.33. The second-order valence-corrected chi connectivity index (χ2v) is 4.33. The first kappa shape index (κ1) is 11.7. The van der Waals surface area contributed by atoms with E-state index in [-0.39, 0.29) is 0 Å². The van der Waals surface area contributed by atoms with Crippen molar-refractivity contribution in [2.75, 3.05) is 31.6 Å². The van der Waals surface area contributed by atoms with E-state index in [2.05, 4.69) is 10.6 Å². The maximum Gasteiger partial charge on any atom is 0.0637 e. The number of hydrogen-bond donors (Lipinski definition) is 2. The Labute approximate surface area is 101 Å². The second-order valence-electron chi connectivity index (χ2n) is 3.92. The van der Waals surface area contributed by atoms with Gasteiger partial charge in [-0.25, -0.2) is 0 Å². The van der Waals surface area contributed by atoms with E-state index in [0.29, 0.717) is 6.04 Å². The Hall–Kier alpha value is -0.770. The third-order valence-corrected chi connectivity index (χ3v) is 3.01. The quantitative estimate of drug-likeness (QED) is 0.846. The highest BCUT2D eigenvalue weighted by Gasteiger charge is 2.11. The van der Waals surface area contributed by atoms with Crippen LogP contribution >= 0.6 is 11.6 Å². The van der Waals surface area contributed by atoms with Crippen molar-refractivity contribution in [1.82, 2.24) is 5.32 Å². The van der Waals surface area contributed by atoms with E-state index in [1.54, 1.807) is 0 Å². The van der Waals surface area contributed by atoms with Crippen LogP contribution in [0.5, 0.6) is 0 Å². The molecule has 1 unspecified atom stereocenters. The summed E-state index contributed by atoms with van der Waals surface area (Å²) in [5, 5.41) is 7.53. The van der Waals surface area contributed by atoms with Gasteiger partial charge in [0.1, 0.15) is 0 Å². The van der Waals surface area contributed by atoms with Crippen LogP contribution in [0.4, 0.5) is 5.69 Å². The van der Waals surface area contributed by atoms with Crippen LogP contribution in [-0.4, -0.2) is 32.3 Å². The highest BCUT2D eigenvalue weighted by Crippen LogP contribution is 2.20. The maximum absolute atomic E-state index is 6.04. The summed E-state index contributed by atoms with van der Waals surface area (Å²) in [4.78, 5) is 0. The molecule has 1 fully saturated rings. The van der Waals surface area contributed by atoms with Crippen LogP contribution in [-0.2, 0) is 4.74 Å². The Balaban J connectivity index is 1.73. The summed E-state index contributed by atoms with van der Waals surface area (Å²) in [7, 11) is 0. The van der Waals surface area contributed by atoms with E-state index in [0.717, 1.165) is 43.4 Å². The van der Waals surface area contributed by atoms with Crippen molar-refractivity contribution in [3.05, 3.63) is 29.3 Å². The first-order valence-electron chi connectivity index (χ1n) is 5.66. The molecular formula is C12H17ClN2O. The molecule has 1 aliphatic heterocycles. The van der Waals surface area contributed by atoms with Gasteiger partial charge in [-0.05, 0) is 18.6 Å². The maximum atomic E-state index is 6.04. The molecule has 1 atom stereocenters. The minimum absolute atomic E-state index is 0.462. The Bertz CT molecular complexity index is 327. The van der Waals surface area contributed by atoms with Crippen molar-refractivity contribution in [3.8, 4) is 0 Å². The average molecular weight is 241 g/mol. The number of anilines is 1. The summed E-state index contributed by atoms with van der Waals surface area (Å²) >= 11 is 6.04. The van der Waals surface area contributed by atoms with Crippen molar-refractivity contribution in [1.29, 1.82) is 0 Å². The fourth-order valence-electron chi connectivity index (χ4n) is 1.79. The summed E-state index contributed by atoms with van der Waals surface area (Å²) < 4.78 is 5.39. The fraction of sp³-hybridized carbons (Fsp3) is 0.500. The van der Waals surface area contributed by atoms with Crippen molar-refractivity contribution in [2.45, 2.75) is 12.5 Å². The standard InChI is InChI=1S/C12H17ClN2O/c13-11-3-1-2-4-12(11)15-6-5-10-9-16-8-7-14-10/h1-4,10,14-15H,5-9H2. The van der Waals surface area contributed by atoms with Crippen molar-refractivity contribution < 1.29 is 4.74 Å². The van der Waals surface area contributed by atoms with Gasteiger partial charge in [0.05, 0.1) is 23.9 Å². The molecule has 1 aliphatic rings. The van der Waals surface area contributed by atoms with Gasteiger partial charge in [0.25, 0.3) is 0 Å². The predicted molar refractivity (Wildman–Crippen MR) is 67.2 cm³/mol. The summed E-state index contributed by atoms with van der Waals surface area (Å²) in [6, 6.07) is 8.27. The van der Waals surface area contributed by atoms with Crippen molar-refractivity contribution in [3.63, 3.8) is 0 Å². The molecule has 0 aliphatic carbocycles. The van der Waals surface area contributed by atoms with Crippen LogP contribution in [0, 0.1) is 0 Å². The highest BCUT2D eigenvalue weighted by atomic mass is 35.5. The van der Waals surface area contributed by atoms with Gasteiger partial charge in [0.15, 0.2) is 0 Å². The summed E-state index contributed by atoms with van der Waals surface area (Å²) in [6.45, 7) is 3.50. The molecule has 3 nitrogen and oxygen atoms in total. The Morgan fingerprint density at radius 1 is 1.44 bits per heavy atom. The van der Waals surface area contributed by atoms with Crippen LogP contribution in [0.25, 0.3) is 0 Å². The number of hydrogen-bond acceptors (Lipinski definition) is 3. The number of morpholine rings is 1. The van der Waals surface area contributed by atoms with Crippen LogP contribution in [0.3, 0.4) is 0 Å². The van der Waals surface area contributed by atoms with Crippen LogP contribution < -0.4 is 10.6 Å². The molecule has 0 spiro atoms. The van der Waals surface area contributed by atoms with Gasteiger partial charge in [-0.1, -0.05) is 23.7 Å². The molecule has 1 aromatic rings. The number of para-hydroxylation sites is 1. The van der Waals surface area contributed by atoms with Gasteiger partial charge in [0, 0.05) is 19.1 Å². The number of ether oxygens (including phenoxy) is 1. The Morgan fingerprint density at radius 3 is 3.06 bits per heavy atom. The summed E-state index contributed by atoms with van der Waals surface area (Å²) in [6.07, 6.45) is 1.05. The largest absolute Gasteiger partial charge is 0.384 e. The van der Waals surface area contributed by atoms with E-state index in [9.17, 15) is 0 Å². The number of nitrogens with one attached hydrogen (secondary N) is 2. The second kappa shape index (κ2) is 6.09. The SMILES string of the molecule is Clc1ccccc1NCCC1COCCN1. The molecule has 0 amide bonds. The van der Waals surface area contributed by atoms with Crippen LogP contribution in [0.15, 0.2) is 24.3 Å². The van der Waals surface area contributed by atoms with E-state index in [1.807, 2.05) is 24.3 Å². The van der Waals surface area contributed by atoms with E-state index in [1.165, 1.54) is 0 Å². The third-order valence-electron chi connectivity index (χ3n) is 2.68. The molecule has 0 aromatic heterocycles. The monoisotopic (exact) mass is 240 g/mol. The fourth-order valence-corrected chi connectivity index (χ4v) is 1.99. The van der Waals surface area contributed by atoms with E-state index in [4.69, 9.17) is 16.3 Å². The topological polar surface area (TPSA) is 33.3 Å². The number of rotatable bonds is 4. The smallest absolute Gasteiger partial charge is 0.0637 e. The lowest BCUT2D eigenvalue weighted by Crippen LogP contribution is -2.42. The molecule has 16 heavy (non-hydrogen) atoms. The minimum atomic E-state index is 0.462. The first-order chi connectivity index (χ1) is 7.86. The molecule has 0 bridgehead atoms. The van der Waals surface area contributed by atoms with Crippen molar-refractivity contribution >= 4 is 17.3 Å². The third kappa shape index (κ3) is 3.37. The van der Waals surface area contributed by atoms with Gasteiger partial charge in [-0.3, -0.25) is 0 Å². The van der Waals surface area contributed by atoms with Gasteiger partial charge >= 0.3 is 0 Å². The molecule has 0 saturated carbocycles.